The number of amides is 2. The average Bonchev–Trinajstić information content (AvgIpc) is 2.37. The van der Waals surface area contributed by atoms with Gasteiger partial charge >= 0.3 is 0 Å². The Labute approximate surface area is 107 Å². The summed E-state index contributed by atoms with van der Waals surface area (Å²) < 4.78 is 0. The number of anilines is 1. The second-order valence-corrected chi connectivity index (χ2v) is 4.26. The van der Waals surface area contributed by atoms with Gasteiger partial charge in [-0.25, -0.2) is 0 Å². The molecule has 5 nitrogen and oxygen atoms in total. The summed E-state index contributed by atoms with van der Waals surface area (Å²) in [4.78, 5) is 23.5. The number of hydrogen-bond acceptors (Lipinski definition) is 3. The summed E-state index contributed by atoms with van der Waals surface area (Å²) in [7, 11) is 1.55. The van der Waals surface area contributed by atoms with Gasteiger partial charge in [-0.3, -0.25) is 9.59 Å². The summed E-state index contributed by atoms with van der Waals surface area (Å²) >= 11 is 0. The number of hydrogen-bond donors (Lipinski definition) is 3. The van der Waals surface area contributed by atoms with E-state index in [0.717, 1.165) is 0 Å². The Morgan fingerprint density at radius 2 is 1.83 bits per heavy atom. The first-order chi connectivity index (χ1) is 8.47. The minimum absolute atomic E-state index is 0.193. The molecule has 1 aromatic rings. The van der Waals surface area contributed by atoms with Crippen LogP contribution in [0.25, 0.3) is 0 Å². The summed E-state index contributed by atoms with van der Waals surface area (Å²) in [5.41, 5.74) is 6.60. The number of carbonyl (C=O) groups excluding carboxylic acids is 2. The van der Waals surface area contributed by atoms with Crippen LogP contribution in [0, 0.1) is 5.92 Å². The maximum absolute atomic E-state index is 11.9. The molecule has 2 amide bonds. The maximum atomic E-state index is 11.9. The van der Waals surface area contributed by atoms with E-state index in [2.05, 4.69) is 10.6 Å². The van der Waals surface area contributed by atoms with Crippen molar-refractivity contribution in [3.05, 3.63) is 29.8 Å². The molecule has 0 aliphatic heterocycles. The molecular weight excluding hydrogens is 230 g/mol. The van der Waals surface area contributed by atoms with Crippen LogP contribution in [-0.2, 0) is 4.79 Å². The summed E-state index contributed by atoms with van der Waals surface area (Å²) in [6.07, 6.45) is 0. The van der Waals surface area contributed by atoms with Gasteiger partial charge in [0.1, 0.15) is 0 Å². The minimum atomic E-state index is -0.317. The largest absolute Gasteiger partial charge is 0.355 e. The van der Waals surface area contributed by atoms with Gasteiger partial charge in [0.2, 0.25) is 5.91 Å². The standard InChI is InChI=1S/C13H19N3O2/c1-8(9(2)14)12(17)16-11-7-5-4-6-10(11)13(18)15-3/h4-9H,14H2,1-3H3,(H,15,18)(H,16,17). The Bertz CT molecular complexity index is 444. The van der Waals surface area contributed by atoms with Gasteiger partial charge < -0.3 is 16.4 Å². The fourth-order valence-electron chi connectivity index (χ4n) is 1.41. The molecule has 0 radical (unpaired) electrons. The van der Waals surface area contributed by atoms with Crippen LogP contribution in [0.5, 0.6) is 0 Å². The van der Waals surface area contributed by atoms with Crippen molar-refractivity contribution < 1.29 is 9.59 Å². The number of nitrogens with one attached hydrogen (secondary N) is 2. The first kappa shape index (κ1) is 14.2. The van der Waals surface area contributed by atoms with Crippen molar-refractivity contribution in [3.63, 3.8) is 0 Å². The third kappa shape index (κ3) is 3.30. The molecule has 2 atom stereocenters. The third-order valence-electron chi connectivity index (χ3n) is 2.86. The lowest BCUT2D eigenvalue weighted by Gasteiger charge is -2.16. The Morgan fingerprint density at radius 3 is 2.39 bits per heavy atom. The fraction of sp³-hybridized carbons (Fsp3) is 0.385. The number of rotatable bonds is 4. The van der Waals surface area contributed by atoms with Gasteiger partial charge in [-0.05, 0) is 19.1 Å². The highest BCUT2D eigenvalue weighted by Crippen LogP contribution is 2.16. The van der Waals surface area contributed by atoms with Crippen molar-refractivity contribution >= 4 is 17.5 Å². The fourth-order valence-corrected chi connectivity index (χ4v) is 1.41. The summed E-state index contributed by atoms with van der Waals surface area (Å²) in [6, 6.07) is 6.62. The Hall–Kier alpha value is -1.88. The predicted molar refractivity (Wildman–Crippen MR) is 71.3 cm³/mol. The first-order valence-electron chi connectivity index (χ1n) is 5.85. The molecule has 0 saturated heterocycles. The van der Waals surface area contributed by atoms with E-state index < -0.39 is 0 Å². The second-order valence-electron chi connectivity index (χ2n) is 4.26. The third-order valence-corrected chi connectivity index (χ3v) is 2.86. The van der Waals surface area contributed by atoms with Crippen molar-refractivity contribution in [2.24, 2.45) is 11.7 Å². The molecule has 2 unspecified atom stereocenters. The number of benzene rings is 1. The quantitative estimate of drug-likeness (QED) is 0.743. The molecule has 0 bridgehead atoms. The van der Waals surface area contributed by atoms with Crippen LogP contribution < -0.4 is 16.4 Å². The molecule has 0 aliphatic rings. The first-order valence-corrected chi connectivity index (χ1v) is 5.85. The van der Waals surface area contributed by atoms with E-state index in [9.17, 15) is 9.59 Å². The predicted octanol–water partition coefficient (Wildman–Crippen LogP) is 0.968. The average molecular weight is 249 g/mol. The van der Waals surface area contributed by atoms with E-state index in [1.54, 1.807) is 45.2 Å². The van der Waals surface area contributed by atoms with Gasteiger partial charge in [-0.2, -0.15) is 0 Å². The number of carbonyl (C=O) groups is 2. The Balaban J connectivity index is 2.91. The highest BCUT2D eigenvalue weighted by Gasteiger charge is 2.19. The summed E-state index contributed by atoms with van der Waals surface area (Å²) in [5.74, 6) is -0.747. The van der Waals surface area contributed by atoms with Gasteiger partial charge in [-0.15, -0.1) is 0 Å². The summed E-state index contributed by atoms with van der Waals surface area (Å²) in [6.45, 7) is 3.53. The van der Waals surface area contributed by atoms with Crippen molar-refractivity contribution in [2.45, 2.75) is 19.9 Å². The molecule has 0 heterocycles. The van der Waals surface area contributed by atoms with E-state index in [4.69, 9.17) is 5.73 Å². The monoisotopic (exact) mass is 249 g/mol. The Morgan fingerprint density at radius 1 is 1.22 bits per heavy atom. The van der Waals surface area contributed by atoms with Crippen LogP contribution in [0.1, 0.15) is 24.2 Å². The van der Waals surface area contributed by atoms with Crippen molar-refractivity contribution in [1.82, 2.24) is 5.32 Å². The number of nitrogens with two attached hydrogens (primary N) is 1. The zero-order chi connectivity index (χ0) is 13.7. The van der Waals surface area contributed by atoms with Gasteiger partial charge in [0.05, 0.1) is 17.2 Å². The normalized spacial score (nSPS) is 13.6. The smallest absolute Gasteiger partial charge is 0.253 e. The van der Waals surface area contributed by atoms with E-state index >= 15 is 0 Å². The van der Waals surface area contributed by atoms with Gasteiger partial charge in [0.25, 0.3) is 5.91 Å². The number of para-hydroxylation sites is 1. The van der Waals surface area contributed by atoms with Crippen LogP contribution in [0.3, 0.4) is 0 Å². The minimum Gasteiger partial charge on any atom is -0.355 e. The van der Waals surface area contributed by atoms with Crippen LogP contribution in [0.4, 0.5) is 5.69 Å². The molecule has 4 N–H and O–H groups in total. The second kappa shape index (κ2) is 6.16. The molecule has 0 fully saturated rings. The van der Waals surface area contributed by atoms with Gasteiger partial charge in [0.15, 0.2) is 0 Å². The van der Waals surface area contributed by atoms with E-state index in [-0.39, 0.29) is 23.8 Å². The highest BCUT2D eigenvalue weighted by atomic mass is 16.2. The van der Waals surface area contributed by atoms with Crippen LogP contribution >= 0.6 is 0 Å². The molecule has 0 aromatic heterocycles. The van der Waals surface area contributed by atoms with E-state index in [1.165, 1.54) is 0 Å². The lowest BCUT2D eigenvalue weighted by atomic mass is 10.0. The topological polar surface area (TPSA) is 84.2 Å². The summed E-state index contributed by atoms with van der Waals surface area (Å²) in [5, 5.41) is 5.26. The van der Waals surface area contributed by atoms with Crippen LogP contribution in [0.15, 0.2) is 24.3 Å². The van der Waals surface area contributed by atoms with Crippen molar-refractivity contribution in [3.8, 4) is 0 Å². The molecule has 0 aliphatic carbocycles. The molecule has 0 spiro atoms. The van der Waals surface area contributed by atoms with Gasteiger partial charge in [-0.1, -0.05) is 19.1 Å². The van der Waals surface area contributed by atoms with Crippen LogP contribution in [0.2, 0.25) is 0 Å². The SMILES string of the molecule is CNC(=O)c1ccccc1NC(=O)C(C)C(C)N. The lowest BCUT2D eigenvalue weighted by molar-refractivity contribution is -0.119. The van der Waals surface area contributed by atoms with Crippen molar-refractivity contribution in [1.29, 1.82) is 0 Å². The lowest BCUT2D eigenvalue weighted by Crippen LogP contribution is -2.34. The molecular formula is C13H19N3O2. The molecule has 0 saturated carbocycles. The molecule has 18 heavy (non-hydrogen) atoms. The Kier molecular flexibility index (Phi) is 4.85. The molecule has 5 heteroatoms. The zero-order valence-corrected chi connectivity index (χ0v) is 10.9. The van der Waals surface area contributed by atoms with Gasteiger partial charge in [0, 0.05) is 13.1 Å². The van der Waals surface area contributed by atoms with Crippen LogP contribution in [-0.4, -0.2) is 24.9 Å². The molecule has 98 valence electrons. The maximum Gasteiger partial charge on any atom is 0.253 e. The highest BCUT2D eigenvalue weighted by molar-refractivity contribution is 6.04. The van der Waals surface area contributed by atoms with E-state index in [0.29, 0.717) is 11.3 Å². The van der Waals surface area contributed by atoms with Crippen molar-refractivity contribution in [2.75, 3.05) is 12.4 Å². The van der Waals surface area contributed by atoms with E-state index in [1.807, 2.05) is 0 Å². The zero-order valence-electron chi connectivity index (χ0n) is 10.9. The molecule has 1 aromatic carbocycles. The molecule has 1 rings (SSSR count).